The number of aryl methyl sites for hydroxylation is 1. The number of rotatable bonds is 11. The molecule has 43 heavy (non-hydrogen) atoms. The van der Waals surface area contributed by atoms with Gasteiger partial charge in [0.15, 0.2) is 6.10 Å². The van der Waals surface area contributed by atoms with Crippen LogP contribution < -0.4 is 21.7 Å². The Bertz CT molecular complexity index is 1490. The molecule has 1 aliphatic carbocycles. The number of nitrogens with two attached hydrogens (primary N) is 1. The second-order valence-corrected chi connectivity index (χ2v) is 12.1. The van der Waals surface area contributed by atoms with Gasteiger partial charge in [-0.3, -0.25) is 14.4 Å². The predicted molar refractivity (Wildman–Crippen MR) is 165 cm³/mol. The third kappa shape index (κ3) is 7.30. The van der Waals surface area contributed by atoms with Crippen LogP contribution in [0, 0.1) is 11.8 Å². The van der Waals surface area contributed by atoms with Crippen molar-refractivity contribution in [2.24, 2.45) is 17.6 Å². The Kier molecular flexibility index (Phi) is 10.0. The Morgan fingerprint density at radius 3 is 2.47 bits per heavy atom. The van der Waals surface area contributed by atoms with Crippen LogP contribution in [0.2, 0.25) is 5.02 Å². The molecule has 0 saturated carbocycles. The molecule has 1 aromatic heterocycles. The minimum atomic E-state index is -1.44. The SMILES string of the molecule is CC[C@H](C)C(OC(=O)NCc1ccccc1)C(=O)N[C@]1(C(=O)N[C@H](C(N)=O)C(C)C)CCc2[nH]c3ccc(Cl)cc3c2C1. The van der Waals surface area contributed by atoms with E-state index >= 15 is 0 Å². The van der Waals surface area contributed by atoms with Gasteiger partial charge in [-0.1, -0.05) is 69.6 Å². The summed E-state index contributed by atoms with van der Waals surface area (Å²) in [7, 11) is 0. The summed E-state index contributed by atoms with van der Waals surface area (Å²) in [6.07, 6.45) is -0.530. The monoisotopic (exact) mass is 609 g/mol. The quantitative estimate of drug-likeness (QED) is 0.221. The minimum absolute atomic E-state index is 0.136. The number of hydrogen-bond donors (Lipinski definition) is 5. The molecule has 0 bridgehead atoms. The number of primary amides is 1. The van der Waals surface area contributed by atoms with E-state index in [0.717, 1.165) is 27.7 Å². The molecule has 0 fully saturated rings. The fourth-order valence-electron chi connectivity index (χ4n) is 5.50. The molecule has 1 heterocycles. The molecule has 0 spiro atoms. The van der Waals surface area contributed by atoms with Gasteiger partial charge in [0.1, 0.15) is 11.6 Å². The third-order valence-corrected chi connectivity index (χ3v) is 8.46. The Balaban J connectivity index is 1.63. The van der Waals surface area contributed by atoms with Crippen LogP contribution in [0.4, 0.5) is 4.79 Å². The van der Waals surface area contributed by atoms with Crippen molar-refractivity contribution in [3.8, 4) is 0 Å². The Labute approximate surface area is 256 Å². The number of carbonyl (C=O) groups is 4. The molecule has 10 nitrogen and oxygen atoms in total. The molecule has 11 heteroatoms. The molecular weight excluding hydrogens is 570 g/mol. The lowest BCUT2D eigenvalue weighted by Crippen LogP contribution is -2.66. The number of aromatic amines is 1. The highest BCUT2D eigenvalue weighted by Gasteiger charge is 2.47. The molecule has 2 aromatic carbocycles. The van der Waals surface area contributed by atoms with Crippen LogP contribution in [0.15, 0.2) is 48.5 Å². The van der Waals surface area contributed by atoms with Crippen molar-refractivity contribution in [2.45, 2.75) is 77.6 Å². The normalized spacial score (nSPS) is 18.3. The van der Waals surface area contributed by atoms with Crippen molar-refractivity contribution in [2.75, 3.05) is 0 Å². The summed E-state index contributed by atoms with van der Waals surface area (Å²) >= 11 is 6.31. The third-order valence-electron chi connectivity index (χ3n) is 8.23. The van der Waals surface area contributed by atoms with E-state index in [1.54, 1.807) is 19.9 Å². The zero-order valence-corrected chi connectivity index (χ0v) is 25.7. The first-order valence-corrected chi connectivity index (χ1v) is 15.0. The first-order valence-electron chi connectivity index (χ1n) is 14.6. The van der Waals surface area contributed by atoms with Gasteiger partial charge in [0, 0.05) is 40.5 Å². The van der Waals surface area contributed by atoms with Crippen molar-refractivity contribution in [3.63, 3.8) is 0 Å². The smallest absolute Gasteiger partial charge is 0.408 e. The summed E-state index contributed by atoms with van der Waals surface area (Å²) in [5.74, 6) is -2.42. The largest absolute Gasteiger partial charge is 0.436 e. The zero-order valence-electron chi connectivity index (χ0n) is 25.0. The van der Waals surface area contributed by atoms with E-state index in [0.29, 0.717) is 17.9 Å². The van der Waals surface area contributed by atoms with Crippen molar-refractivity contribution >= 4 is 46.3 Å². The predicted octanol–water partition coefficient (Wildman–Crippen LogP) is 4.13. The van der Waals surface area contributed by atoms with Gasteiger partial charge in [-0.05, 0) is 54.5 Å². The topological polar surface area (TPSA) is 155 Å². The van der Waals surface area contributed by atoms with Crippen LogP contribution in [0.5, 0.6) is 0 Å². The van der Waals surface area contributed by atoms with E-state index in [4.69, 9.17) is 22.1 Å². The number of H-pyrrole nitrogens is 1. The van der Waals surface area contributed by atoms with Gasteiger partial charge in [0.2, 0.25) is 11.8 Å². The first kappa shape index (κ1) is 31.9. The van der Waals surface area contributed by atoms with E-state index in [9.17, 15) is 19.2 Å². The van der Waals surface area contributed by atoms with Crippen molar-refractivity contribution in [3.05, 3.63) is 70.4 Å². The van der Waals surface area contributed by atoms with Gasteiger partial charge >= 0.3 is 6.09 Å². The summed E-state index contributed by atoms with van der Waals surface area (Å²) in [6, 6.07) is 13.9. The second kappa shape index (κ2) is 13.5. The molecule has 3 aromatic rings. The Morgan fingerprint density at radius 2 is 1.81 bits per heavy atom. The zero-order chi connectivity index (χ0) is 31.3. The molecule has 1 aliphatic rings. The van der Waals surface area contributed by atoms with Crippen LogP contribution >= 0.6 is 11.6 Å². The number of amides is 4. The van der Waals surface area contributed by atoms with Crippen molar-refractivity contribution in [1.29, 1.82) is 0 Å². The van der Waals surface area contributed by atoms with E-state index in [1.807, 2.05) is 56.3 Å². The highest BCUT2D eigenvalue weighted by atomic mass is 35.5. The van der Waals surface area contributed by atoms with Crippen LogP contribution in [0.1, 0.15) is 57.4 Å². The highest BCUT2D eigenvalue weighted by Crippen LogP contribution is 2.36. The number of ether oxygens (including phenoxy) is 1. The number of alkyl carbamates (subject to hydrolysis) is 1. The van der Waals surface area contributed by atoms with Crippen LogP contribution in [0.3, 0.4) is 0 Å². The number of nitrogens with one attached hydrogen (secondary N) is 4. The molecule has 4 amide bonds. The van der Waals surface area contributed by atoms with Crippen LogP contribution in [-0.4, -0.2) is 46.5 Å². The molecular formula is C32H40ClN5O5. The first-order chi connectivity index (χ1) is 20.4. The minimum Gasteiger partial charge on any atom is -0.436 e. The fourth-order valence-corrected chi connectivity index (χ4v) is 5.67. The van der Waals surface area contributed by atoms with Gasteiger partial charge in [0.25, 0.3) is 5.91 Å². The average Bonchev–Trinajstić information content (AvgIpc) is 3.33. The van der Waals surface area contributed by atoms with Gasteiger partial charge in [-0.15, -0.1) is 0 Å². The maximum absolute atomic E-state index is 14.1. The van der Waals surface area contributed by atoms with Gasteiger partial charge in [0.05, 0.1) is 0 Å². The van der Waals surface area contributed by atoms with E-state index in [-0.39, 0.29) is 31.2 Å². The second-order valence-electron chi connectivity index (χ2n) is 11.7. The molecule has 230 valence electrons. The summed E-state index contributed by atoms with van der Waals surface area (Å²) in [4.78, 5) is 56.4. The molecule has 0 aliphatic heterocycles. The van der Waals surface area contributed by atoms with E-state index < -0.39 is 41.5 Å². The summed E-state index contributed by atoms with van der Waals surface area (Å²) < 4.78 is 5.66. The van der Waals surface area contributed by atoms with E-state index in [2.05, 4.69) is 20.9 Å². The molecule has 4 rings (SSSR count). The van der Waals surface area contributed by atoms with Gasteiger partial charge in [-0.2, -0.15) is 0 Å². The van der Waals surface area contributed by atoms with Gasteiger partial charge < -0.3 is 31.4 Å². The van der Waals surface area contributed by atoms with Crippen LogP contribution in [-0.2, 0) is 38.5 Å². The highest BCUT2D eigenvalue weighted by molar-refractivity contribution is 6.31. The Hall–Kier alpha value is -4.05. The van der Waals surface area contributed by atoms with Crippen LogP contribution in [0.25, 0.3) is 10.9 Å². The number of benzene rings is 2. The Morgan fingerprint density at radius 1 is 1.09 bits per heavy atom. The number of hydrogen-bond acceptors (Lipinski definition) is 5. The van der Waals surface area contributed by atoms with Crippen molar-refractivity contribution in [1.82, 2.24) is 20.9 Å². The fraction of sp³-hybridized carbons (Fsp3) is 0.438. The summed E-state index contributed by atoms with van der Waals surface area (Å²) in [6.45, 7) is 7.49. The maximum Gasteiger partial charge on any atom is 0.408 e. The lowest BCUT2D eigenvalue weighted by molar-refractivity contribution is -0.141. The average molecular weight is 610 g/mol. The number of carbonyl (C=O) groups excluding carboxylic acids is 4. The molecule has 0 saturated heterocycles. The molecule has 0 radical (unpaired) electrons. The lowest BCUT2D eigenvalue weighted by atomic mass is 9.78. The number of halogens is 1. The molecule has 6 N–H and O–H groups in total. The van der Waals surface area contributed by atoms with Crippen molar-refractivity contribution < 1.29 is 23.9 Å². The summed E-state index contributed by atoms with van der Waals surface area (Å²) in [5.41, 5.74) is 7.71. The van der Waals surface area contributed by atoms with E-state index in [1.165, 1.54) is 0 Å². The number of aromatic nitrogens is 1. The number of fused-ring (bicyclic) bond motifs is 3. The molecule has 4 atom stereocenters. The molecule has 1 unspecified atom stereocenters. The lowest BCUT2D eigenvalue weighted by Gasteiger charge is -2.39. The maximum atomic E-state index is 14.1. The van der Waals surface area contributed by atoms with Gasteiger partial charge in [-0.25, -0.2) is 4.79 Å². The summed E-state index contributed by atoms with van der Waals surface area (Å²) in [5, 5.41) is 9.84. The standard InChI is InChI=1S/C32H40ClN5O5/c1-5-19(4)27(43-31(42)35-17-20-9-7-6-8-10-20)29(40)38-32(30(41)37-26(18(2)3)28(34)39)14-13-25-23(16-32)22-15-21(33)11-12-24(22)36-25/h6-12,15,18-19,26-27,36H,5,13-14,16-17H2,1-4H3,(H2,34,39)(H,35,42)(H,37,41)(H,38,40)/t19-,26-,27?,32+/m0/s1.